The molecule has 1 aliphatic carbocycles. The number of hydrogen-bond acceptors (Lipinski definition) is 4. The number of nitrogens with zero attached hydrogens (tertiary/aromatic N) is 2. The van der Waals surface area contributed by atoms with Gasteiger partial charge in [0, 0.05) is 31.6 Å². The van der Waals surface area contributed by atoms with Crippen LogP contribution in [0, 0.1) is 0 Å². The quantitative estimate of drug-likeness (QED) is 0.830. The van der Waals surface area contributed by atoms with Gasteiger partial charge in [-0.2, -0.15) is 0 Å². The number of benzene rings is 1. The molecule has 0 radical (unpaired) electrons. The Kier molecular flexibility index (Phi) is 7.74. The Bertz CT molecular complexity index is 628. The summed E-state index contributed by atoms with van der Waals surface area (Å²) < 4.78 is 0. The molecule has 2 fully saturated rings. The molecule has 0 bridgehead atoms. The van der Waals surface area contributed by atoms with E-state index in [4.69, 9.17) is 0 Å². The first-order chi connectivity index (χ1) is 13.6. The minimum absolute atomic E-state index is 0.0682. The predicted octanol–water partition coefficient (Wildman–Crippen LogP) is 3.52. The van der Waals surface area contributed by atoms with Gasteiger partial charge >= 0.3 is 0 Å². The van der Waals surface area contributed by atoms with Crippen LogP contribution in [0.5, 0.6) is 5.75 Å². The van der Waals surface area contributed by atoms with E-state index in [1.54, 1.807) is 6.07 Å². The monoisotopic (exact) mass is 387 g/mol. The number of rotatable bonds is 4. The summed E-state index contributed by atoms with van der Waals surface area (Å²) in [5, 5.41) is 12.9. The Morgan fingerprint density at radius 2 is 1.93 bits per heavy atom. The number of phenolic OH excluding ortho intramolecular Hbond substituents is 1. The van der Waals surface area contributed by atoms with Gasteiger partial charge < -0.3 is 10.4 Å². The molecule has 28 heavy (non-hydrogen) atoms. The average Bonchev–Trinajstić information content (AvgIpc) is 2.69. The molecule has 1 amide bonds. The summed E-state index contributed by atoms with van der Waals surface area (Å²) >= 11 is 0. The van der Waals surface area contributed by atoms with E-state index < -0.39 is 0 Å². The van der Waals surface area contributed by atoms with Gasteiger partial charge in [-0.05, 0) is 63.0 Å². The van der Waals surface area contributed by atoms with Gasteiger partial charge in [0.05, 0.1) is 0 Å². The summed E-state index contributed by atoms with van der Waals surface area (Å²) in [5.41, 5.74) is 1.19. The van der Waals surface area contributed by atoms with Gasteiger partial charge in [0.15, 0.2) is 0 Å². The maximum Gasteiger partial charge on any atom is 0.221 e. The van der Waals surface area contributed by atoms with E-state index in [-0.39, 0.29) is 11.4 Å². The first-order valence-electron chi connectivity index (χ1n) is 11.1. The lowest BCUT2D eigenvalue weighted by Gasteiger charge is -2.46. The third kappa shape index (κ3) is 5.71. The van der Waals surface area contributed by atoms with Gasteiger partial charge in [0.2, 0.25) is 5.91 Å². The van der Waals surface area contributed by atoms with E-state index in [0.717, 1.165) is 64.0 Å². The topological polar surface area (TPSA) is 55.8 Å². The fraction of sp³-hybridized carbons (Fsp3) is 0.696. The zero-order valence-corrected chi connectivity index (χ0v) is 17.5. The van der Waals surface area contributed by atoms with Crippen LogP contribution in [0.25, 0.3) is 0 Å². The van der Waals surface area contributed by atoms with Crippen LogP contribution in [0.3, 0.4) is 0 Å². The summed E-state index contributed by atoms with van der Waals surface area (Å²) in [6.07, 6.45) is 9.03. The summed E-state index contributed by atoms with van der Waals surface area (Å²) in [4.78, 5) is 17.8. The standard InChI is InChI=1S/C23H37N3O2/c1-2-13-26-15-7-14-25(19-20-8-6-9-21(27)17-20)16-12-24-22(28)18-23(26)10-4-3-5-11-23/h6,8-9,17,27H,2-5,7,10-16,18-19H2,1H3,(H,24,28). The van der Waals surface area contributed by atoms with Crippen LogP contribution < -0.4 is 5.32 Å². The van der Waals surface area contributed by atoms with Gasteiger partial charge in [-0.3, -0.25) is 14.6 Å². The number of amides is 1. The second-order valence-electron chi connectivity index (χ2n) is 8.60. The summed E-state index contributed by atoms with van der Waals surface area (Å²) in [5.74, 6) is 0.527. The van der Waals surface area contributed by atoms with E-state index in [1.807, 2.05) is 12.1 Å². The van der Waals surface area contributed by atoms with Crippen LogP contribution in [0.2, 0.25) is 0 Å². The lowest BCUT2D eigenvalue weighted by atomic mass is 9.77. The molecular weight excluding hydrogens is 350 g/mol. The van der Waals surface area contributed by atoms with Crippen LogP contribution in [-0.4, -0.2) is 59.1 Å². The third-order valence-electron chi connectivity index (χ3n) is 6.41. The Morgan fingerprint density at radius 1 is 1.11 bits per heavy atom. The molecule has 1 aromatic carbocycles. The molecule has 1 heterocycles. The summed E-state index contributed by atoms with van der Waals surface area (Å²) in [7, 11) is 0. The zero-order chi connectivity index (χ0) is 19.8. The van der Waals surface area contributed by atoms with E-state index >= 15 is 0 Å². The lowest BCUT2D eigenvalue weighted by Crippen LogP contribution is -2.53. The van der Waals surface area contributed by atoms with Crippen molar-refractivity contribution in [2.75, 3.05) is 32.7 Å². The Hall–Kier alpha value is -1.59. The molecule has 1 saturated carbocycles. The SMILES string of the molecule is CCCN1CCCN(Cc2cccc(O)c2)CCNC(=O)CC12CCCCC2. The molecule has 156 valence electrons. The normalized spacial score (nSPS) is 22.5. The third-order valence-corrected chi connectivity index (χ3v) is 6.41. The molecule has 0 unspecified atom stereocenters. The lowest BCUT2D eigenvalue weighted by molar-refractivity contribution is -0.125. The number of aromatic hydroxyl groups is 1. The second kappa shape index (κ2) is 10.3. The molecule has 5 heteroatoms. The predicted molar refractivity (Wildman–Crippen MR) is 113 cm³/mol. The minimum Gasteiger partial charge on any atom is -0.508 e. The first-order valence-corrected chi connectivity index (χ1v) is 11.1. The van der Waals surface area contributed by atoms with E-state index in [0.29, 0.717) is 18.7 Å². The van der Waals surface area contributed by atoms with Crippen LogP contribution in [0.4, 0.5) is 0 Å². The summed E-state index contributed by atoms with van der Waals surface area (Å²) in [6, 6.07) is 7.51. The number of carbonyl (C=O) groups excluding carboxylic acids is 1. The van der Waals surface area contributed by atoms with E-state index in [2.05, 4.69) is 28.1 Å². The van der Waals surface area contributed by atoms with Crippen LogP contribution in [0.1, 0.15) is 63.9 Å². The van der Waals surface area contributed by atoms with Crippen molar-refractivity contribution in [1.29, 1.82) is 0 Å². The highest BCUT2D eigenvalue weighted by atomic mass is 16.3. The van der Waals surface area contributed by atoms with Gasteiger partial charge in [-0.15, -0.1) is 0 Å². The second-order valence-corrected chi connectivity index (χ2v) is 8.60. The van der Waals surface area contributed by atoms with Crippen molar-refractivity contribution in [1.82, 2.24) is 15.1 Å². The largest absolute Gasteiger partial charge is 0.508 e. The fourth-order valence-electron chi connectivity index (χ4n) is 5.05. The molecular formula is C23H37N3O2. The van der Waals surface area contributed by atoms with Crippen molar-refractivity contribution in [3.05, 3.63) is 29.8 Å². The molecule has 5 nitrogen and oxygen atoms in total. The molecule has 2 N–H and O–H groups in total. The molecule has 0 aromatic heterocycles. The molecule has 1 aromatic rings. The number of hydrogen-bond donors (Lipinski definition) is 2. The van der Waals surface area contributed by atoms with Gasteiger partial charge in [-0.25, -0.2) is 0 Å². The first kappa shape index (κ1) is 21.1. The van der Waals surface area contributed by atoms with Gasteiger partial charge in [-0.1, -0.05) is 38.3 Å². The van der Waals surface area contributed by atoms with Gasteiger partial charge in [0.25, 0.3) is 0 Å². The van der Waals surface area contributed by atoms with E-state index in [1.165, 1.54) is 19.3 Å². The van der Waals surface area contributed by atoms with Crippen molar-refractivity contribution in [3.8, 4) is 5.75 Å². The molecule has 3 rings (SSSR count). The zero-order valence-electron chi connectivity index (χ0n) is 17.5. The minimum atomic E-state index is 0.0682. The number of nitrogens with one attached hydrogen (secondary N) is 1. The van der Waals surface area contributed by atoms with Crippen molar-refractivity contribution < 1.29 is 9.90 Å². The van der Waals surface area contributed by atoms with Crippen molar-refractivity contribution >= 4 is 5.91 Å². The fourth-order valence-corrected chi connectivity index (χ4v) is 5.05. The summed E-state index contributed by atoms with van der Waals surface area (Å²) in [6.45, 7) is 7.77. The molecule has 1 aliphatic heterocycles. The highest BCUT2D eigenvalue weighted by Gasteiger charge is 2.39. The maximum atomic E-state index is 12.8. The van der Waals surface area contributed by atoms with Gasteiger partial charge in [0.1, 0.15) is 5.75 Å². The molecule has 0 atom stereocenters. The molecule has 1 saturated heterocycles. The average molecular weight is 388 g/mol. The van der Waals surface area contributed by atoms with Crippen LogP contribution >= 0.6 is 0 Å². The van der Waals surface area contributed by atoms with Crippen LogP contribution in [0.15, 0.2) is 24.3 Å². The number of phenols is 1. The highest BCUT2D eigenvalue weighted by molar-refractivity contribution is 5.77. The number of carbonyl (C=O) groups is 1. The smallest absolute Gasteiger partial charge is 0.221 e. The molecule has 1 spiro atoms. The van der Waals surface area contributed by atoms with Crippen molar-refractivity contribution in [2.24, 2.45) is 0 Å². The Morgan fingerprint density at radius 3 is 2.68 bits per heavy atom. The van der Waals surface area contributed by atoms with Crippen LogP contribution in [-0.2, 0) is 11.3 Å². The molecule has 2 aliphatic rings. The maximum absolute atomic E-state index is 12.8. The Labute approximate surface area is 170 Å². The Balaban J connectivity index is 1.70. The van der Waals surface area contributed by atoms with Crippen molar-refractivity contribution in [2.45, 2.75) is 70.4 Å². The van der Waals surface area contributed by atoms with Crippen molar-refractivity contribution in [3.63, 3.8) is 0 Å². The van der Waals surface area contributed by atoms with E-state index in [9.17, 15) is 9.90 Å². The highest BCUT2D eigenvalue weighted by Crippen LogP contribution is 2.37.